The molecule has 5 nitrogen and oxygen atoms in total. The topological polar surface area (TPSA) is 86.6 Å². The van der Waals surface area contributed by atoms with E-state index in [0.29, 0.717) is 12.1 Å². The van der Waals surface area contributed by atoms with Gasteiger partial charge in [-0.2, -0.15) is 0 Å². The fourth-order valence-corrected chi connectivity index (χ4v) is 2.40. The average molecular weight is 327 g/mol. The van der Waals surface area contributed by atoms with Crippen LogP contribution in [0.2, 0.25) is 0 Å². The number of hydrogen-bond donors (Lipinski definition) is 3. The average Bonchev–Trinajstić information content (AvgIpc) is 2.56. The number of para-hydroxylation sites is 1. The second kappa shape index (κ2) is 8.72. The van der Waals surface area contributed by atoms with Crippen LogP contribution >= 0.6 is 0 Å². The maximum absolute atomic E-state index is 12.1. The molecular weight excluding hydrogens is 306 g/mol. The van der Waals surface area contributed by atoms with Crippen molar-refractivity contribution < 1.29 is 19.8 Å². The van der Waals surface area contributed by atoms with Gasteiger partial charge in [0.15, 0.2) is 0 Å². The molecule has 0 atom stereocenters. The maximum atomic E-state index is 12.1. The van der Waals surface area contributed by atoms with E-state index in [0.717, 1.165) is 24.8 Å². The number of aliphatic carboxylic acids is 1. The first-order valence-corrected chi connectivity index (χ1v) is 7.96. The van der Waals surface area contributed by atoms with Crippen molar-refractivity contribution in [3.8, 4) is 5.75 Å². The number of carbonyl (C=O) groups excluding carboxylic acids is 1. The molecule has 0 heterocycles. The summed E-state index contributed by atoms with van der Waals surface area (Å²) < 4.78 is 0. The van der Waals surface area contributed by atoms with Gasteiger partial charge in [-0.3, -0.25) is 9.59 Å². The van der Waals surface area contributed by atoms with E-state index < -0.39 is 5.97 Å². The maximum Gasteiger partial charge on any atom is 0.303 e. The van der Waals surface area contributed by atoms with Crippen molar-refractivity contribution >= 4 is 17.6 Å². The van der Waals surface area contributed by atoms with Crippen molar-refractivity contribution in [2.24, 2.45) is 0 Å². The summed E-state index contributed by atoms with van der Waals surface area (Å²) in [4.78, 5) is 22.5. The number of aromatic hydroxyl groups is 1. The van der Waals surface area contributed by atoms with Crippen LogP contribution in [0, 0.1) is 0 Å². The number of nitrogens with one attached hydrogen (secondary N) is 1. The summed E-state index contributed by atoms with van der Waals surface area (Å²) in [7, 11) is 0. The first-order valence-electron chi connectivity index (χ1n) is 7.96. The highest BCUT2D eigenvalue weighted by atomic mass is 16.4. The summed E-state index contributed by atoms with van der Waals surface area (Å²) in [6.45, 7) is 0. The lowest BCUT2D eigenvalue weighted by molar-refractivity contribution is -0.137. The van der Waals surface area contributed by atoms with Crippen molar-refractivity contribution in [1.82, 2.24) is 0 Å². The molecule has 2 aromatic rings. The van der Waals surface area contributed by atoms with Gasteiger partial charge in [-0.15, -0.1) is 0 Å². The van der Waals surface area contributed by atoms with Crippen molar-refractivity contribution in [3.63, 3.8) is 0 Å². The van der Waals surface area contributed by atoms with E-state index in [9.17, 15) is 14.7 Å². The molecule has 0 saturated carbocycles. The van der Waals surface area contributed by atoms with Crippen LogP contribution in [-0.4, -0.2) is 22.1 Å². The molecule has 3 N–H and O–H groups in total. The van der Waals surface area contributed by atoms with Gasteiger partial charge in [0, 0.05) is 12.1 Å². The van der Waals surface area contributed by atoms with Crippen LogP contribution in [0.25, 0.3) is 0 Å². The normalized spacial score (nSPS) is 10.3. The molecule has 0 saturated heterocycles. The highest BCUT2D eigenvalue weighted by Crippen LogP contribution is 2.18. The monoisotopic (exact) mass is 327 g/mol. The van der Waals surface area contributed by atoms with E-state index in [1.165, 1.54) is 6.07 Å². The van der Waals surface area contributed by atoms with Gasteiger partial charge >= 0.3 is 5.97 Å². The number of benzene rings is 2. The molecule has 5 heteroatoms. The molecule has 0 fully saturated rings. The molecule has 0 spiro atoms. The van der Waals surface area contributed by atoms with Crippen LogP contribution < -0.4 is 5.32 Å². The number of phenolic OH excluding ortho intramolecular Hbond substituents is 1. The minimum atomic E-state index is -0.750. The number of carboxylic acids is 1. The molecule has 0 aliphatic carbocycles. The van der Waals surface area contributed by atoms with Gasteiger partial charge in [0.2, 0.25) is 0 Å². The van der Waals surface area contributed by atoms with Crippen molar-refractivity contribution in [2.75, 3.05) is 5.32 Å². The first kappa shape index (κ1) is 17.5. The van der Waals surface area contributed by atoms with Gasteiger partial charge in [-0.05, 0) is 49.1 Å². The van der Waals surface area contributed by atoms with Gasteiger partial charge in [0.25, 0.3) is 5.91 Å². The van der Waals surface area contributed by atoms with Gasteiger partial charge in [0.1, 0.15) is 5.75 Å². The molecule has 2 aromatic carbocycles. The van der Waals surface area contributed by atoms with Crippen LogP contribution in [0.3, 0.4) is 0 Å². The van der Waals surface area contributed by atoms with Gasteiger partial charge < -0.3 is 15.5 Å². The number of aryl methyl sites for hydroxylation is 1. The summed E-state index contributed by atoms with van der Waals surface area (Å²) in [6.07, 6.45) is 3.63. The van der Waals surface area contributed by atoms with Crippen molar-refractivity contribution in [3.05, 3.63) is 59.7 Å². The van der Waals surface area contributed by atoms with E-state index in [2.05, 4.69) is 5.32 Å². The molecule has 0 aromatic heterocycles. The second-order valence-electron chi connectivity index (χ2n) is 5.62. The Labute approximate surface area is 141 Å². The molecular formula is C19H21NO4. The minimum Gasteiger partial charge on any atom is -0.507 e. The van der Waals surface area contributed by atoms with Gasteiger partial charge in [-0.25, -0.2) is 0 Å². The molecule has 0 radical (unpaired) electrons. The molecule has 1 amide bonds. The Morgan fingerprint density at radius 3 is 2.29 bits per heavy atom. The standard InChI is InChI=1S/C19H21NO4/c21-17-8-5-4-7-16(17)19(24)20-15-12-10-14(11-13-15)6-2-1-3-9-18(22)23/h4-5,7-8,10-13,21H,1-3,6,9H2,(H,20,24)(H,22,23). The number of unbranched alkanes of at least 4 members (excludes halogenated alkanes) is 2. The van der Waals surface area contributed by atoms with Gasteiger partial charge in [0.05, 0.1) is 5.56 Å². The third-order valence-electron chi connectivity index (χ3n) is 3.72. The Hall–Kier alpha value is -2.82. The largest absolute Gasteiger partial charge is 0.507 e. The summed E-state index contributed by atoms with van der Waals surface area (Å²) >= 11 is 0. The second-order valence-corrected chi connectivity index (χ2v) is 5.62. The Morgan fingerprint density at radius 2 is 1.62 bits per heavy atom. The van der Waals surface area contributed by atoms with Crippen molar-refractivity contribution in [2.45, 2.75) is 32.1 Å². The number of carbonyl (C=O) groups is 2. The Bertz CT molecular complexity index is 695. The molecule has 0 aliphatic heterocycles. The van der Waals surface area contributed by atoms with E-state index in [1.807, 2.05) is 24.3 Å². The Kier molecular flexibility index (Phi) is 6.37. The molecule has 2 rings (SSSR count). The zero-order valence-corrected chi connectivity index (χ0v) is 13.4. The Morgan fingerprint density at radius 1 is 0.917 bits per heavy atom. The highest BCUT2D eigenvalue weighted by molar-refractivity contribution is 6.06. The quantitative estimate of drug-likeness (QED) is 0.643. The molecule has 24 heavy (non-hydrogen) atoms. The highest BCUT2D eigenvalue weighted by Gasteiger charge is 2.10. The van der Waals surface area contributed by atoms with Crippen LogP contribution in [-0.2, 0) is 11.2 Å². The van der Waals surface area contributed by atoms with Crippen LogP contribution in [0.15, 0.2) is 48.5 Å². The summed E-state index contributed by atoms with van der Waals surface area (Å²) in [5.74, 6) is -1.15. The number of phenols is 1. The molecule has 126 valence electrons. The van der Waals surface area contributed by atoms with Crippen LogP contribution in [0.4, 0.5) is 5.69 Å². The number of rotatable bonds is 8. The fourth-order valence-electron chi connectivity index (χ4n) is 2.40. The van der Waals surface area contributed by atoms with Gasteiger partial charge in [-0.1, -0.05) is 30.7 Å². The van der Waals surface area contributed by atoms with E-state index in [-0.39, 0.29) is 23.6 Å². The SMILES string of the molecule is O=C(O)CCCCCc1ccc(NC(=O)c2ccccc2O)cc1. The van der Waals surface area contributed by atoms with E-state index in [4.69, 9.17) is 5.11 Å². The van der Waals surface area contributed by atoms with Crippen molar-refractivity contribution in [1.29, 1.82) is 0 Å². The molecule has 0 unspecified atom stereocenters. The predicted octanol–water partition coefficient (Wildman–Crippen LogP) is 3.83. The summed E-state index contributed by atoms with van der Waals surface area (Å²) in [5.41, 5.74) is 2.05. The van der Waals surface area contributed by atoms with E-state index in [1.54, 1.807) is 18.2 Å². The lowest BCUT2D eigenvalue weighted by Crippen LogP contribution is -2.11. The first-order chi connectivity index (χ1) is 11.6. The third-order valence-corrected chi connectivity index (χ3v) is 3.72. The predicted molar refractivity (Wildman–Crippen MR) is 92.3 cm³/mol. The number of carboxylic acid groups (broad SMARTS) is 1. The lowest BCUT2D eigenvalue weighted by Gasteiger charge is -2.08. The fraction of sp³-hybridized carbons (Fsp3) is 0.263. The molecule has 0 aliphatic rings. The summed E-state index contributed by atoms with van der Waals surface area (Å²) in [6, 6.07) is 13.9. The smallest absolute Gasteiger partial charge is 0.303 e. The number of amides is 1. The summed E-state index contributed by atoms with van der Waals surface area (Å²) in [5, 5.41) is 21.0. The third kappa shape index (κ3) is 5.43. The zero-order valence-electron chi connectivity index (χ0n) is 13.4. The van der Waals surface area contributed by atoms with Crippen LogP contribution in [0.1, 0.15) is 41.6 Å². The van der Waals surface area contributed by atoms with E-state index >= 15 is 0 Å². The molecule has 0 bridgehead atoms. The Balaban J connectivity index is 1.82. The van der Waals surface area contributed by atoms with Crippen LogP contribution in [0.5, 0.6) is 5.75 Å². The lowest BCUT2D eigenvalue weighted by atomic mass is 10.1. The minimum absolute atomic E-state index is 0.0482. The number of anilines is 1. The number of hydrogen-bond acceptors (Lipinski definition) is 3. The zero-order chi connectivity index (χ0) is 17.4.